The van der Waals surface area contributed by atoms with Crippen LogP contribution in [0.15, 0.2) is 58.7 Å². The molecule has 0 atom stereocenters. The second kappa shape index (κ2) is 9.91. The van der Waals surface area contributed by atoms with Gasteiger partial charge in [-0.05, 0) is 62.6 Å². The fourth-order valence-corrected chi connectivity index (χ4v) is 7.40. The number of amides is 1. The number of aromatic nitrogens is 4. The van der Waals surface area contributed by atoms with E-state index in [0.29, 0.717) is 17.2 Å². The molecule has 1 spiro atoms. The van der Waals surface area contributed by atoms with Gasteiger partial charge in [0.05, 0.1) is 35.1 Å². The third kappa shape index (κ3) is 4.47. The van der Waals surface area contributed by atoms with E-state index in [0.717, 1.165) is 77.3 Å². The first-order chi connectivity index (χ1) is 18.9. The Bertz CT molecular complexity index is 1660. The van der Waals surface area contributed by atoms with Crippen LogP contribution in [-0.2, 0) is 4.79 Å². The Hall–Kier alpha value is -4.08. The number of fused-ring (bicyclic) bond motifs is 1. The molecule has 0 bridgehead atoms. The number of nitrogens with zero attached hydrogens (tertiary/aromatic N) is 7. The van der Waals surface area contributed by atoms with Crippen LogP contribution >= 0.6 is 11.8 Å². The number of likely N-dealkylation sites (tertiary alicyclic amines) is 1. The highest BCUT2D eigenvalue weighted by Crippen LogP contribution is 2.47. The molecule has 1 amide bonds. The molecule has 0 N–H and O–H groups in total. The molecule has 39 heavy (non-hydrogen) atoms. The summed E-state index contributed by atoms with van der Waals surface area (Å²) in [5.74, 6) is 0.186. The fourth-order valence-electron chi connectivity index (χ4n) is 6.30. The van der Waals surface area contributed by atoms with Crippen LogP contribution in [0.3, 0.4) is 0 Å². The van der Waals surface area contributed by atoms with Gasteiger partial charge in [0.1, 0.15) is 12.1 Å². The molecule has 6 rings (SSSR count). The quantitative estimate of drug-likeness (QED) is 0.329. The van der Waals surface area contributed by atoms with Crippen molar-refractivity contribution in [2.75, 3.05) is 13.1 Å². The Morgan fingerprint density at radius 2 is 1.82 bits per heavy atom. The lowest BCUT2D eigenvalue weighted by atomic mass is 9.72. The summed E-state index contributed by atoms with van der Waals surface area (Å²) in [4.78, 5) is 15.6. The van der Waals surface area contributed by atoms with Gasteiger partial charge in [0.2, 0.25) is 5.91 Å². The highest BCUT2D eigenvalue weighted by atomic mass is 32.2. The van der Waals surface area contributed by atoms with E-state index in [1.807, 2.05) is 35.5 Å². The van der Waals surface area contributed by atoms with Gasteiger partial charge in [-0.1, -0.05) is 23.9 Å². The summed E-state index contributed by atoms with van der Waals surface area (Å²) in [5, 5.41) is 28.6. The van der Waals surface area contributed by atoms with Gasteiger partial charge >= 0.3 is 0 Å². The van der Waals surface area contributed by atoms with E-state index >= 15 is 0 Å². The van der Waals surface area contributed by atoms with Crippen LogP contribution in [0.2, 0.25) is 0 Å². The van der Waals surface area contributed by atoms with Gasteiger partial charge in [-0.2, -0.15) is 20.7 Å². The molecule has 1 saturated heterocycles. The molecule has 2 fully saturated rings. The molecule has 3 aromatic heterocycles. The van der Waals surface area contributed by atoms with E-state index in [4.69, 9.17) is 5.10 Å². The minimum Gasteiger partial charge on any atom is -0.342 e. The van der Waals surface area contributed by atoms with E-state index in [2.05, 4.69) is 34.9 Å². The maximum Gasteiger partial charge on any atom is 0.219 e. The first-order valence-corrected chi connectivity index (χ1v) is 14.1. The number of nitriles is 2. The Balaban J connectivity index is 1.31. The van der Waals surface area contributed by atoms with E-state index < -0.39 is 0 Å². The van der Waals surface area contributed by atoms with Crippen molar-refractivity contribution in [3.05, 3.63) is 65.7 Å². The first-order valence-electron chi connectivity index (χ1n) is 13.3. The molecule has 4 aromatic rings. The molecule has 2 aliphatic rings. The number of carbonyl (C=O) groups is 1. The average Bonchev–Trinajstić information content (AvgIpc) is 3.67. The monoisotopic (exact) mass is 535 g/mol. The number of hydrogen-bond donors (Lipinski definition) is 0. The van der Waals surface area contributed by atoms with Crippen LogP contribution < -0.4 is 0 Å². The number of carbonyl (C=O) groups excluding carboxylic acids is 1. The molecule has 9 heteroatoms. The summed E-state index contributed by atoms with van der Waals surface area (Å²) in [5.41, 5.74) is 5.20. The second-order valence-corrected chi connectivity index (χ2v) is 11.9. The molecular weight excluding hydrogens is 506 g/mol. The topological polar surface area (TPSA) is 103 Å². The van der Waals surface area contributed by atoms with Crippen molar-refractivity contribution < 1.29 is 4.79 Å². The largest absolute Gasteiger partial charge is 0.342 e. The number of pyridine rings is 1. The van der Waals surface area contributed by atoms with Gasteiger partial charge in [0.15, 0.2) is 0 Å². The number of hydrogen-bond acceptors (Lipinski definition) is 6. The van der Waals surface area contributed by atoms with Crippen LogP contribution in [0, 0.1) is 35.0 Å². The minimum absolute atomic E-state index is 0.186. The lowest BCUT2D eigenvalue weighted by Crippen LogP contribution is -2.34. The highest BCUT2D eigenvalue weighted by Gasteiger charge is 2.42. The Labute approximate surface area is 231 Å². The predicted octanol–water partition coefficient (Wildman–Crippen LogP) is 5.75. The van der Waals surface area contributed by atoms with Gasteiger partial charge in [0.25, 0.3) is 0 Å². The van der Waals surface area contributed by atoms with Crippen LogP contribution in [0.25, 0.3) is 16.6 Å². The van der Waals surface area contributed by atoms with Crippen molar-refractivity contribution in [3.8, 4) is 23.3 Å². The summed E-state index contributed by atoms with van der Waals surface area (Å²) >= 11 is 1.48. The van der Waals surface area contributed by atoms with Crippen molar-refractivity contribution in [1.82, 2.24) is 24.3 Å². The minimum atomic E-state index is 0.186. The first kappa shape index (κ1) is 25.2. The lowest BCUT2D eigenvalue weighted by Gasteiger charge is -2.37. The van der Waals surface area contributed by atoms with E-state index in [1.165, 1.54) is 11.8 Å². The zero-order chi connectivity index (χ0) is 27.1. The van der Waals surface area contributed by atoms with Gasteiger partial charge < -0.3 is 4.90 Å². The van der Waals surface area contributed by atoms with Crippen molar-refractivity contribution in [2.45, 2.75) is 61.8 Å². The van der Waals surface area contributed by atoms with Gasteiger partial charge in [0, 0.05) is 52.8 Å². The molecule has 1 saturated carbocycles. The van der Waals surface area contributed by atoms with E-state index in [-0.39, 0.29) is 11.3 Å². The van der Waals surface area contributed by atoms with Crippen LogP contribution in [0.4, 0.5) is 0 Å². The fraction of sp³-hybridized carbons (Fsp3) is 0.367. The lowest BCUT2D eigenvalue weighted by molar-refractivity contribution is -0.128. The SMILES string of the molecule is CC(=O)N1CCC2(CCC(n3ncc(-c4cc(Sc5ccccc5C#N)c5c(C#N)cnn5c4)c3C)CC2)C1. The molecule has 0 radical (unpaired) electrons. The molecule has 4 heterocycles. The third-order valence-corrected chi connectivity index (χ3v) is 9.63. The van der Waals surface area contributed by atoms with Crippen molar-refractivity contribution >= 4 is 23.2 Å². The smallest absolute Gasteiger partial charge is 0.219 e. The molecule has 1 aliphatic heterocycles. The highest BCUT2D eigenvalue weighted by molar-refractivity contribution is 7.99. The van der Waals surface area contributed by atoms with Crippen molar-refractivity contribution in [2.24, 2.45) is 5.41 Å². The average molecular weight is 536 g/mol. The predicted molar refractivity (Wildman–Crippen MR) is 148 cm³/mol. The van der Waals surface area contributed by atoms with Gasteiger partial charge in [-0.25, -0.2) is 4.52 Å². The normalized spacial score (nSPS) is 20.8. The molecule has 196 valence electrons. The zero-order valence-electron chi connectivity index (χ0n) is 22.1. The number of rotatable bonds is 4. The van der Waals surface area contributed by atoms with Gasteiger partial charge in [-0.15, -0.1) is 0 Å². The van der Waals surface area contributed by atoms with Crippen LogP contribution in [-0.4, -0.2) is 43.3 Å². The molecule has 8 nitrogen and oxygen atoms in total. The summed E-state index contributed by atoms with van der Waals surface area (Å²) in [6.45, 7) is 5.56. The third-order valence-electron chi connectivity index (χ3n) is 8.53. The molecular formula is C30H29N7OS. The van der Waals surface area contributed by atoms with Crippen LogP contribution in [0.1, 0.15) is 61.9 Å². The van der Waals surface area contributed by atoms with Crippen molar-refractivity contribution in [3.63, 3.8) is 0 Å². The Kier molecular flexibility index (Phi) is 6.40. The Morgan fingerprint density at radius 1 is 1.05 bits per heavy atom. The summed E-state index contributed by atoms with van der Waals surface area (Å²) in [7, 11) is 0. The van der Waals surface area contributed by atoms with Crippen LogP contribution in [0.5, 0.6) is 0 Å². The molecule has 1 aromatic carbocycles. The standard InChI is InChI=1S/C30H29N7OS/c1-20-26(17-34-37(20)25-7-9-30(10-8-25)11-12-35(19-30)21(2)38)23-13-28(29-24(15-32)16-33-36(29)18-23)39-27-6-4-3-5-22(27)14-31/h3-6,13,16-18,25H,7-12,19H2,1-2H3. The van der Waals surface area contributed by atoms with E-state index in [1.54, 1.807) is 23.7 Å². The Morgan fingerprint density at radius 3 is 2.54 bits per heavy atom. The summed E-state index contributed by atoms with van der Waals surface area (Å²) in [6.07, 6.45) is 10.9. The van der Waals surface area contributed by atoms with Crippen molar-refractivity contribution in [1.29, 1.82) is 10.5 Å². The second-order valence-electron chi connectivity index (χ2n) is 10.8. The molecule has 1 aliphatic carbocycles. The zero-order valence-corrected chi connectivity index (χ0v) is 22.9. The van der Waals surface area contributed by atoms with Gasteiger partial charge in [-0.3, -0.25) is 9.48 Å². The number of benzene rings is 1. The molecule has 0 unspecified atom stereocenters. The van der Waals surface area contributed by atoms with E-state index in [9.17, 15) is 15.3 Å². The summed E-state index contributed by atoms with van der Waals surface area (Å²) in [6, 6.07) is 14.4. The summed E-state index contributed by atoms with van der Waals surface area (Å²) < 4.78 is 3.93. The maximum absolute atomic E-state index is 11.9. The maximum atomic E-state index is 11.9.